The molecule has 0 radical (unpaired) electrons. The monoisotopic (exact) mass is 292 g/mol. The number of ether oxygens (including phenoxy) is 1. The summed E-state index contributed by atoms with van der Waals surface area (Å²) in [4.78, 5) is 0. The summed E-state index contributed by atoms with van der Waals surface area (Å²) in [5, 5.41) is 9.07. The van der Waals surface area contributed by atoms with Crippen LogP contribution in [0.25, 0.3) is 0 Å². The van der Waals surface area contributed by atoms with E-state index in [1.165, 1.54) is 0 Å². The lowest BCUT2D eigenvalue weighted by atomic mass is 10.2. The Kier molecular flexibility index (Phi) is 3.82. The molecule has 2 aromatic rings. The highest BCUT2D eigenvalue weighted by Gasteiger charge is 2.03. The van der Waals surface area contributed by atoms with Gasteiger partial charge in [0.2, 0.25) is 0 Å². The molecule has 1 N–H and O–H groups in total. The van der Waals surface area contributed by atoms with Gasteiger partial charge in [-0.15, -0.1) is 0 Å². The van der Waals surface area contributed by atoms with Gasteiger partial charge in [0.25, 0.3) is 0 Å². The van der Waals surface area contributed by atoms with Gasteiger partial charge >= 0.3 is 0 Å². The minimum absolute atomic E-state index is 0.0191. The van der Waals surface area contributed by atoms with E-state index in [1.54, 1.807) is 0 Å². The highest BCUT2D eigenvalue weighted by atomic mass is 79.9. The first-order valence-corrected chi connectivity index (χ1v) is 6.13. The van der Waals surface area contributed by atoms with E-state index in [0.29, 0.717) is 0 Å². The fraction of sp³-hybridized carbons (Fsp3) is 0.143. The first-order valence-electron chi connectivity index (χ1n) is 5.33. The Balaban J connectivity index is 2.25. The van der Waals surface area contributed by atoms with E-state index >= 15 is 0 Å². The fourth-order valence-corrected chi connectivity index (χ4v) is 2.00. The molecule has 0 bridgehead atoms. The second-order valence-corrected chi connectivity index (χ2v) is 4.63. The lowest BCUT2D eigenvalue weighted by Gasteiger charge is -2.09. The standard InChI is InChI=1S/C14H13BrO2/c1-10-4-2-3-5-14(10)17-12-7-6-11(9-16)13(15)8-12/h2-8,16H,9H2,1H3. The van der Waals surface area contributed by atoms with E-state index in [1.807, 2.05) is 49.4 Å². The average Bonchev–Trinajstić information content (AvgIpc) is 2.32. The molecule has 0 aromatic heterocycles. The summed E-state index contributed by atoms with van der Waals surface area (Å²) in [5.74, 6) is 1.60. The van der Waals surface area contributed by atoms with E-state index < -0.39 is 0 Å². The Morgan fingerprint density at radius 3 is 2.59 bits per heavy atom. The summed E-state index contributed by atoms with van der Waals surface area (Å²) in [6.45, 7) is 2.03. The van der Waals surface area contributed by atoms with Crippen LogP contribution in [-0.4, -0.2) is 5.11 Å². The average molecular weight is 293 g/mol. The van der Waals surface area contributed by atoms with Crippen LogP contribution in [-0.2, 0) is 6.61 Å². The van der Waals surface area contributed by atoms with Gasteiger partial charge < -0.3 is 9.84 Å². The smallest absolute Gasteiger partial charge is 0.130 e. The van der Waals surface area contributed by atoms with Crippen LogP contribution < -0.4 is 4.74 Å². The molecule has 0 saturated carbocycles. The summed E-state index contributed by atoms with van der Waals surface area (Å²) in [5.41, 5.74) is 1.94. The maximum Gasteiger partial charge on any atom is 0.130 e. The third-order valence-electron chi connectivity index (χ3n) is 2.52. The predicted octanol–water partition coefficient (Wildman–Crippen LogP) is 4.04. The zero-order valence-electron chi connectivity index (χ0n) is 9.48. The molecule has 2 aromatic carbocycles. The molecule has 0 atom stereocenters. The van der Waals surface area contributed by atoms with Gasteiger partial charge in [0.1, 0.15) is 11.5 Å². The van der Waals surface area contributed by atoms with E-state index in [9.17, 15) is 0 Å². The second kappa shape index (κ2) is 5.34. The number of hydrogen-bond acceptors (Lipinski definition) is 2. The van der Waals surface area contributed by atoms with Crippen LogP contribution in [0.1, 0.15) is 11.1 Å². The van der Waals surface area contributed by atoms with Crippen LogP contribution in [0.3, 0.4) is 0 Å². The maximum absolute atomic E-state index is 9.07. The van der Waals surface area contributed by atoms with Crippen molar-refractivity contribution in [1.82, 2.24) is 0 Å². The van der Waals surface area contributed by atoms with Crippen LogP contribution in [0.2, 0.25) is 0 Å². The number of para-hydroxylation sites is 1. The number of hydrogen-bond donors (Lipinski definition) is 1. The van der Waals surface area contributed by atoms with Crippen molar-refractivity contribution in [3.63, 3.8) is 0 Å². The number of aliphatic hydroxyl groups excluding tert-OH is 1. The van der Waals surface area contributed by atoms with Gasteiger partial charge in [0.15, 0.2) is 0 Å². The summed E-state index contributed by atoms with van der Waals surface area (Å²) in [6, 6.07) is 13.4. The fourth-order valence-electron chi connectivity index (χ4n) is 1.52. The number of benzene rings is 2. The topological polar surface area (TPSA) is 29.5 Å². The minimum atomic E-state index is 0.0191. The highest BCUT2D eigenvalue weighted by Crippen LogP contribution is 2.28. The molecule has 0 fully saturated rings. The van der Waals surface area contributed by atoms with Crippen molar-refractivity contribution in [1.29, 1.82) is 0 Å². The van der Waals surface area contributed by atoms with Crippen molar-refractivity contribution in [2.45, 2.75) is 13.5 Å². The summed E-state index contributed by atoms with van der Waals surface area (Å²) >= 11 is 3.40. The normalized spacial score (nSPS) is 10.3. The van der Waals surface area contributed by atoms with Crippen molar-refractivity contribution in [3.05, 3.63) is 58.1 Å². The Bertz CT molecular complexity index is 523. The quantitative estimate of drug-likeness (QED) is 0.925. The van der Waals surface area contributed by atoms with Crippen molar-refractivity contribution >= 4 is 15.9 Å². The van der Waals surface area contributed by atoms with Gasteiger partial charge in [-0.05, 0) is 36.2 Å². The Hall–Kier alpha value is -1.32. The number of aryl methyl sites for hydroxylation is 1. The van der Waals surface area contributed by atoms with Gasteiger partial charge in [-0.3, -0.25) is 0 Å². The lowest BCUT2D eigenvalue weighted by molar-refractivity contribution is 0.281. The molecule has 3 heteroatoms. The van der Waals surface area contributed by atoms with Gasteiger partial charge in [-0.25, -0.2) is 0 Å². The number of rotatable bonds is 3. The molecule has 0 saturated heterocycles. The molecule has 0 aliphatic carbocycles. The molecule has 0 heterocycles. The number of halogens is 1. The third-order valence-corrected chi connectivity index (χ3v) is 3.25. The van der Waals surface area contributed by atoms with Crippen LogP contribution in [0, 0.1) is 6.92 Å². The summed E-state index contributed by atoms with van der Waals surface area (Å²) in [6.07, 6.45) is 0. The zero-order chi connectivity index (χ0) is 12.3. The van der Waals surface area contributed by atoms with Gasteiger partial charge in [0, 0.05) is 4.47 Å². The van der Waals surface area contributed by atoms with E-state index in [4.69, 9.17) is 9.84 Å². The second-order valence-electron chi connectivity index (χ2n) is 3.78. The zero-order valence-corrected chi connectivity index (χ0v) is 11.1. The van der Waals surface area contributed by atoms with Crippen LogP contribution in [0.5, 0.6) is 11.5 Å². The number of aliphatic hydroxyl groups is 1. The van der Waals surface area contributed by atoms with Gasteiger partial charge in [-0.1, -0.05) is 40.2 Å². The van der Waals surface area contributed by atoms with Crippen LogP contribution >= 0.6 is 15.9 Å². The van der Waals surface area contributed by atoms with Gasteiger partial charge in [0.05, 0.1) is 6.61 Å². The van der Waals surface area contributed by atoms with Crippen molar-refractivity contribution < 1.29 is 9.84 Å². The maximum atomic E-state index is 9.07. The van der Waals surface area contributed by atoms with E-state index in [2.05, 4.69) is 15.9 Å². The first-order chi connectivity index (χ1) is 8.20. The molecule has 2 nitrogen and oxygen atoms in total. The third kappa shape index (κ3) is 2.87. The summed E-state index contributed by atoms with van der Waals surface area (Å²) < 4.78 is 6.63. The molecule has 88 valence electrons. The van der Waals surface area contributed by atoms with Gasteiger partial charge in [-0.2, -0.15) is 0 Å². The SMILES string of the molecule is Cc1ccccc1Oc1ccc(CO)c(Br)c1. The van der Waals surface area contributed by atoms with E-state index in [-0.39, 0.29) is 6.61 Å². The highest BCUT2D eigenvalue weighted by molar-refractivity contribution is 9.10. The molecular formula is C14H13BrO2. The molecular weight excluding hydrogens is 280 g/mol. The van der Waals surface area contributed by atoms with Crippen LogP contribution in [0.15, 0.2) is 46.9 Å². The Labute approximate surface area is 109 Å². The Morgan fingerprint density at radius 2 is 1.94 bits per heavy atom. The summed E-state index contributed by atoms with van der Waals surface area (Å²) in [7, 11) is 0. The minimum Gasteiger partial charge on any atom is -0.457 e. The Morgan fingerprint density at radius 1 is 1.18 bits per heavy atom. The molecule has 0 amide bonds. The molecule has 0 spiro atoms. The van der Waals surface area contributed by atoms with Crippen molar-refractivity contribution in [3.8, 4) is 11.5 Å². The molecule has 0 aliphatic rings. The molecule has 0 unspecified atom stereocenters. The van der Waals surface area contributed by atoms with Crippen molar-refractivity contribution in [2.75, 3.05) is 0 Å². The van der Waals surface area contributed by atoms with Crippen LogP contribution in [0.4, 0.5) is 0 Å². The molecule has 0 aliphatic heterocycles. The predicted molar refractivity (Wildman–Crippen MR) is 71.3 cm³/mol. The first kappa shape index (κ1) is 12.1. The molecule has 17 heavy (non-hydrogen) atoms. The largest absolute Gasteiger partial charge is 0.457 e. The van der Waals surface area contributed by atoms with E-state index in [0.717, 1.165) is 27.1 Å². The van der Waals surface area contributed by atoms with Crippen molar-refractivity contribution in [2.24, 2.45) is 0 Å². The lowest BCUT2D eigenvalue weighted by Crippen LogP contribution is -1.89. The molecule has 2 rings (SSSR count).